The van der Waals surface area contributed by atoms with Crippen molar-refractivity contribution >= 4 is 22.8 Å². The Balaban J connectivity index is 3.70. The summed E-state index contributed by atoms with van der Waals surface area (Å²) in [6.45, 7) is 3.25. The van der Waals surface area contributed by atoms with Gasteiger partial charge in [0.2, 0.25) is 0 Å². The van der Waals surface area contributed by atoms with Crippen LogP contribution in [0.2, 0.25) is 0 Å². The van der Waals surface area contributed by atoms with Crippen LogP contribution in [0.4, 0.5) is 0 Å². The predicted octanol–water partition coefficient (Wildman–Crippen LogP) is 1.38. The summed E-state index contributed by atoms with van der Waals surface area (Å²) in [5.41, 5.74) is 0. The van der Waals surface area contributed by atoms with Gasteiger partial charge in [-0.3, -0.25) is 9.59 Å². The monoisotopic (exact) mass is 176 g/mol. The van der Waals surface area contributed by atoms with Gasteiger partial charge in [0.1, 0.15) is 0 Å². The molecule has 0 aromatic carbocycles. The molecule has 0 aromatic rings. The summed E-state index contributed by atoms with van der Waals surface area (Å²) in [6, 6.07) is 0. The number of thioether (sulfide) groups is 1. The molecular formula is C7H12O3S. The van der Waals surface area contributed by atoms with E-state index in [1.807, 2.05) is 0 Å². The molecule has 0 bridgehead atoms. The number of carboxylic acids is 1. The first-order chi connectivity index (χ1) is 5.07. The van der Waals surface area contributed by atoms with E-state index in [9.17, 15) is 9.59 Å². The first kappa shape index (κ1) is 10.5. The van der Waals surface area contributed by atoms with E-state index >= 15 is 0 Å². The van der Waals surface area contributed by atoms with E-state index in [-0.39, 0.29) is 11.0 Å². The Labute approximate surface area is 70.2 Å². The van der Waals surface area contributed by atoms with Gasteiger partial charge in [0.15, 0.2) is 5.12 Å². The van der Waals surface area contributed by atoms with Gasteiger partial charge in [0.05, 0.1) is 5.92 Å². The topological polar surface area (TPSA) is 54.4 Å². The Hall–Kier alpha value is -0.510. The summed E-state index contributed by atoms with van der Waals surface area (Å²) < 4.78 is 0. The minimum Gasteiger partial charge on any atom is -0.481 e. The summed E-state index contributed by atoms with van der Waals surface area (Å²) in [5, 5.41) is 8.54. The van der Waals surface area contributed by atoms with Gasteiger partial charge in [-0.1, -0.05) is 18.7 Å². The summed E-state index contributed by atoms with van der Waals surface area (Å²) in [7, 11) is 0. The number of hydrogen-bond donors (Lipinski definition) is 1. The maximum atomic E-state index is 10.5. The highest BCUT2D eigenvalue weighted by Crippen LogP contribution is 2.12. The quantitative estimate of drug-likeness (QED) is 0.703. The highest BCUT2D eigenvalue weighted by atomic mass is 32.2. The molecule has 11 heavy (non-hydrogen) atoms. The fourth-order valence-electron chi connectivity index (χ4n) is 0.582. The number of aliphatic carboxylic acids is 1. The molecule has 4 heteroatoms. The molecule has 0 aliphatic carbocycles. The Morgan fingerprint density at radius 2 is 2.09 bits per heavy atom. The van der Waals surface area contributed by atoms with Crippen molar-refractivity contribution in [1.29, 1.82) is 0 Å². The molecule has 1 unspecified atom stereocenters. The van der Waals surface area contributed by atoms with E-state index in [2.05, 4.69) is 0 Å². The van der Waals surface area contributed by atoms with Crippen molar-refractivity contribution in [2.24, 2.45) is 5.92 Å². The standard InChI is InChI=1S/C7H12O3S/c1-3-6(7(9)10)4-11-5(2)8/h6H,3-4H2,1-2H3,(H,9,10). The molecule has 1 atom stereocenters. The highest BCUT2D eigenvalue weighted by molar-refractivity contribution is 8.13. The van der Waals surface area contributed by atoms with Crippen molar-refractivity contribution in [2.45, 2.75) is 20.3 Å². The van der Waals surface area contributed by atoms with Gasteiger partial charge in [-0.05, 0) is 6.42 Å². The van der Waals surface area contributed by atoms with Crippen LogP contribution in [0, 0.1) is 5.92 Å². The van der Waals surface area contributed by atoms with E-state index in [4.69, 9.17) is 5.11 Å². The van der Waals surface area contributed by atoms with Crippen LogP contribution >= 0.6 is 11.8 Å². The van der Waals surface area contributed by atoms with Gasteiger partial charge in [-0.25, -0.2) is 0 Å². The van der Waals surface area contributed by atoms with Crippen LogP contribution in [0.15, 0.2) is 0 Å². The Bertz CT molecular complexity index is 156. The maximum Gasteiger partial charge on any atom is 0.307 e. The van der Waals surface area contributed by atoms with Gasteiger partial charge in [0, 0.05) is 12.7 Å². The van der Waals surface area contributed by atoms with Gasteiger partial charge >= 0.3 is 5.97 Å². The number of rotatable bonds is 4. The first-order valence-electron chi connectivity index (χ1n) is 3.44. The van der Waals surface area contributed by atoms with Gasteiger partial charge < -0.3 is 5.11 Å². The Morgan fingerprint density at radius 1 is 1.55 bits per heavy atom. The third-order valence-corrected chi connectivity index (χ3v) is 2.31. The summed E-state index contributed by atoms with van der Waals surface area (Å²) >= 11 is 1.07. The van der Waals surface area contributed by atoms with Crippen molar-refractivity contribution in [3.63, 3.8) is 0 Å². The number of carbonyl (C=O) groups is 2. The van der Waals surface area contributed by atoms with Gasteiger partial charge in [0.25, 0.3) is 0 Å². The second-order valence-corrected chi connectivity index (χ2v) is 3.44. The van der Waals surface area contributed by atoms with Crippen molar-refractivity contribution in [1.82, 2.24) is 0 Å². The van der Waals surface area contributed by atoms with E-state index in [1.54, 1.807) is 6.92 Å². The second kappa shape index (κ2) is 5.18. The van der Waals surface area contributed by atoms with Crippen molar-refractivity contribution < 1.29 is 14.7 Å². The fraction of sp³-hybridized carbons (Fsp3) is 0.714. The third kappa shape index (κ3) is 4.84. The molecule has 0 spiro atoms. The normalized spacial score (nSPS) is 12.5. The lowest BCUT2D eigenvalue weighted by Gasteiger charge is -2.06. The molecule has 3 nitrogen and oxygen atoms in total. The molecule has 64 valence electrons. The van der Waals surface area contributed by atoms with Crippen LogP contribution in [0.25, 0.3) is 0 Å². The van der Waals surface area contributed by atoms with E-state index in [0.717, 1.165) is 11.8 Å². The number of hydrogen-bond acceptors (Lipinski definition) is 3. The molecule has 0 saturated heterocycles. The molecular weight excluding hydrogens is 164 g/mol. The zero-order valence-electron chi connectivity index (χ0n) is 6.66. The highest BCUT2D eigenvalue weighted by Gasteiger charge is 2.15. The number of carboxylic acid groups (broad SMARTS) is 1. The van der Waals surface area contributed by atoms with Crippen LogP contribution in [-0.4, -0.2) is 21.9 Å². The molecule has 0 heterocycles. The van der Waals surface area contributed by atoms with Crippen molar-refractivity contribution in [2.75, 3.05) is 5.75 Å². The summed E-state index contributed by atoms with van der Waals surface area (Å²) in [4.78, 5) is 20.9. The fourth-order valence-corrected chi connectivity index (χ4v) is 1.40. The molecule has 0 radical (unpaired) electrons. The lowest BCUT2D eigenvalue weighted by Crippen LogP contribution is -2.15. The van der Waals surface area contributed by atoms with Crippen LogP contribution in [0.5, 0.6) is 0 Å². The summed E-state index contributed by atoms with van der Waals surface area (Å²) in [6.07, 6.45) is 0.579. The van der Waals surface area contributed by atoms with Gasteiger partial charge in [-0.15, -0.1) is 0 Å². The Morgan fingerprint density at radius 3 is 2.36 bits per heavy atom. The zero-order chi connectivity index (χ0) is 8.85. The third-order valence-electron chi connectivity index (χ3n) is 1.33. The molecule has 0 aliphatic rings. The predicted molar refractivity (Wildman–Crippen MR) is 44.6 cm³/mol. The lowest BCUT2D eigenvalue weighted by molar-refractivity contribution is -0.140. The van der Waals surface area contributed by atoms with Crippen molar-refractivity contribution in [3.8, 4) is 0 Å². The van der Waals surface area contributed by atoms with E-state index in [0.29, 0.717) is 12.2 Å². The largest absolute Gasteiger partial charge is 0.481 e. The average Bonchev–Trinajstić information content (AvgIpc) is 1.87. The molecule has 0 amide bonds. The SMILES string of the molecule is CCC(CSC(C)=O)C(=O)O. The zero-order valence-corrected chi connectivity index (χ0v) is 7.48. The van der Waals surface area contributed by atoms with Crippen LogP contribution in [0.3, 0.4) is 0 Å². The Kier molecular flexibility index (Phi) is 4.94. The van der Waals surface area contributed by atoms with E-state index in [1.165, 1.54) is 6.92 Å². The summed E-state index contributed by atoms with van der Waals surface area (Å²) in [5.74, 6) is -0.814. The van der Waals surface area contributed by atoms with E-state index < -0.39 is 5.97 Å². The molecule has 0 fully saturated rings. The minimum atomic E-state index is -0.818. The molecule has 0 aliphatic heterocycles. The smallest absolute Gasteiger partial charge is 0.307 e. The van der Waals surface area contributed by atoms with Crippen LogP contribution in [0.1, 0.15) is 20.3 Å². The van der Waals surface area contributed by atoms with Crippen molar-refractivity contribution in [3.05, 3.63) is 0 Å². The van der Waals surface area contributed by atoms with Crippen LogP contribution < -0.4 is 0 Å². The molecule has 0 saturated carbocycles. The minimum absolute atomic E-state index is 0.0234. The second-order valence-electron chi connectivity index (χ2n) is 2.25. The first-order valence-corrected chi connectivity index (χ1v) is 4.42. The molecule has 0 rings (SSSR count). The molecule has 0 aromatic heterocycles. The maximum absolute atomic E-state index is 10.5. The molecule has 1 N–H and O–H groups in total. The van der Waals surface area contributed by atoms with Gasteiger partial charge in [-0.2, -0.15) is 0 Å². The average molecular weight is 176 g/mol. The van der Waals surface area contributed by atoms with Crippen LogP contribution in [-0.2, 0) is 9.59 Å². The number of carbonyl (C=O) groups excluding carboxylic acids is 1. The lowest BCUT2D eigenvalue weighted by atomic mass is 10.1.